The Hall–Kier alpha value is -2.21. The van der Waals surface area contributed by atoms with Crippen LogP contribution in [0.5, 0.6) is 0 Å². The van der Waals surface area contributed by atoms with Crippen molar-refractivity contribution in [1.29, 1.82) is 0 Å². The van der Waals surface area contributed by atoms with Crippen molar-refractivity contribution in [2.75, 3.05) is 20.1 Å². The fourth-order valence-electron chi connectivity index (χ4n) is 3.26. The van der Waals surface area contributed by atoms with Crippen molar-refractivity contribution in [2.24, 2.45) is 7.05 Å². The molecule has 13 heteroatoms. The molecule has 0 aliphatic carbocycles. The lowest BCUT2D eigenvalue weighted by Gasteiger charge is -2.15. The predicted octanol–water partition coefficient (Wildman–Crippen LogP) is 0.823. The second-order valence-electron chi connectivity index (χ2n) is 7.23. The van der Waals surface area contributed by atoms with Gasteiger partial charge in [0.25, 0.3) is 11.5 Å². The minimum absolute atomic E-state index is 0. The van der Waals surface area contributed by atoms with E-state index in [0.29, 0.717) is 23.2 Å². The molecule has 1 fully saturated rings. The molecule has 1 saturated heterocycles. The highest BCUT2D eigenvalue weighted by Gasteiger charge is 2.33. The second kappa shape index (κ2) is 9.11. The molecule has 170 valence electrons. The molecule has 0 bridgehead atoms. The van der Waals surface area contributed by atoms with E-state index in [-0.39, 0.29) is 29.5 Å². The van der Waals surface area contributed by atoms with Gasteiger partial charge >= 0.3 is 5.69 Å². The van der Waals surface area contributed by atoms with Gasteiger partial charge in [-0.2, -0.15) is 0 Å². The number of carbonyl (C=O) groups is 1. The molecule has 0 spiro atoms. The number of aromatic nitrogens is 2. The summed E-state index contributed by atoms with van der Waals surface area (Å²) in [6.45, 7) is 2.37. The summed E-state index contributed by atoms with van der Waals surface area (Å²) < 4.78 is 43.2. The number of nitrogens with one attached hydrogen (secondary N) is 1. The molecular formula is C18H21Cl2FN4O5S. The Balaban J connectivity index is 0.00000341. The lowest BCUT2D eigenvalue weighted by atomic mass is 10.1. The minimum atomic E-state index is -4.00. The van der Waals surface area contributed by atoms with Gasteiger partial charge < -0.3 is 9.47 Å². The van der Waals surface area contributed by atoms with Crippen molar-refractivity contribution < 1.29 is 17.6 Å². The van der Waals surface area contributed by atoms with Crippen LogP contribution in [0.4, 0.5) is 4.39 Å². The van der Waals surface area contributed by atoms with Crippen LogP contribution in [-0.2, 0) is 17.1 Å². The van der Waals surface area contributed by atoms with E-state index in [9.17, 15) is 27.2 Å². The van der Waals surface area contributed by atoms with Crippen molar-refractivity contribution in [3.63, 3.8) is 0 Å². The summed E-state index contributed by atoms with van der Waals surface area (Å²) in [4.78, 5) is 39.2. The normalized spacial score (nSPS) is 16.7. The first kappa shape index (κ1) is 25.1. The lowest BCUT2D eigenvalue weighted by Crippen LogP contribution is -2.40. The highest BCUT2D eigenvalue weighted by atomic mass is 35.5. The molecular weight excluding hydrogens is 474 g/mol. The molecule has 0 saturated carbocycles. The highest BCUT2D eigenvalue weighted by molar-refractivity contribution is 7.90. The monoisotopic (exact) mass is 494 g/mol. The van der Waals surface area contributed by atoms with Crippen LogP contribution in [0.1, 0.15) is 22.5 Å². The molecule has 1 aliphatic rings. The third-order valence-corrected chi connectivity index (χ3v) is 7.15. The van der Waals surface area contributed by atoms with Gasteiger partial charge in [-0.3, -0.25) is 9.59 Å². The Kier molecular flexibility index (Phi) is 7.36. The number of hydrogen-bond acceptors (Lipinski definition) is 6. The first-order valence-corrected chi connectivity index (χ1v) is 10.9. The van der Waals surface area contributed by atoms with E-state index in [1.54, 1.807) is 7.05 Å². The number of nitrogens with zero attached hydrogens (tertiary/aromatic N) is 3. The molecule has 1 atom stereocenters. The zero-order valence-electron chi connectivity index (χ0n) is 16.9. The van der Waals surface area contributed by atoms with Crippen LogP contribution < -0.4 is 16.0 Å². The second-order valence-corrected chi connectivity index (χ2v) is 9.60. The number of sulfonamides is 1. The van der Waals surface area contributed by atoms with E-state index in [0.717, 1.165) is 22.8 Å². The van der Waals surface area contributed by atoms with Gasteiger partial charge in [-0.1, -0.05) is 11.6 Å². The zero-order valence-corrected chi connectivity index (χ0v) is 19.3. The van der Waals surface area contributed by atoms with Gasteiger partial charge in [0.1, 0.15) is 5.82 Å². The van der Waals surface area contributed by atoms with E-state index < -0.39 is 43.9 Å². The third-order valence-electron chi connectivity index (χ3n) is 5.10. The first-order valence-electron chi connectivity index (χ1n) is 8.96. The van der Waals surface area contributed by atoms with Crippen molar-refractivity contribution >= 4 is 39.9 Å². The summed E-state index contributed by atoms with van der Waals surface area (Å²) in [5.74, 6) is -2.09. The molecule has 2 heterocycles. The highest BCUT2D eigenvalue weighted by Crippen LogP contribution is 2.23. The van der Waals surface area contributed by atoms with Gasteiger partial charge in [-0.25, -0.2) is 26.9 Å². The Morgan fingerprint density at radius 2 is 1.87 bits per heavy atom. The maximum absolute atomic E-state index is 14.6. The van der Waals surface area contributed by atoms with Gasteiger partial charge in [-0.05, 0) is 39.1 Å². The number of rotatable bonds is 4. The van der Waals surface area contributed by atoms with Gasteiger partial charge in [0.2, 0.25) is 10.0 Å². The molecule has 1 N–H and O–H groups in total. The predicted molar refractivity (Wildman–Crippen MR) is 117 cm³/mol. The van der Waals surface area contributed by atoms with Crippen LogP contribution in [0.25, 0.3) is 5.69 Å². The van der Waals surface area contributed by atoms with Gasteiger partial charge in [-0.15, -0.1) is 12.4 Å². The molecule has 9 nitrogen and oxygen atoms in total. The summed E-state index contributed by atoms with van der Waals surface area (Å²) in [5.41, 5.74) is -2.15. The molecule has 1 aromatic carbocycles. The standard InChI is InChI=1S/C18H20ClFN4O5S.ClH/c1-10-6-16(25)24(18(27)23(10)3)15-7-12(13(19)8-14(15)20)17(26)21-30(28,29)11-4-5-22(2)9-11;/h6-8,11H,4-5,9H2,1-3H3,(H,21,26);1H. The summed E-state index contributed by atoms with van der Waals surface area (Å²) in [5, 5.41) is -1.14. The van der Waals surface area contributed by atoms with E-state index in [1.165, 1.54) is 14.0 Å². The number of amides is 1. The van der Waals surface area contributed by atoms with Crippen molar-refractivity contribution in [2.45, 2.75) is 18.6 Å². The van der Waals surface area contributed by atoms with Crippen molar-refractivity contribution in [1.82, 2.24) is 18.8 Å². The molecule has 0 radical (unpaired) electrons. The number of halogens is 3. The molecule has 1 aliphatic heterocycles. The average molecular weight is 495 g/mol. The lowest BCUT2D eigenvalue weighted by molar-refractivity contribution is 0.0981. The van der Waals surface area contributed by atoms with E-state index in [1.807, 2.05) is 9.62 Å². The van der Waals surface area contributed by atoms with Crippen LogP contribution in [0, 0.1) is 12.7 Å². The Morgan fingerprint density at radius 1 is 1.23 bits per heavy atom. The fourth-order valence-corrected chi connectivity index (χ4v) is 4.89. The van der Waals surface area contributed by atoms with Crippen LogP contribution in [0.2, 0.25) is 5.02 Å². The quantitative estimate of drug-likeness (QED) is 0.673. The number of benzene rings is 1. The Bertz CT molecular complexity index is 1260. The van der Waals surface area contributed by atoms with Crippen molar-refractivity contribution in [3.8, 4) is 5.69 Å². The largest absolute Gasteiger partial charge is 0.335 e. The number of likely N-dealkylation sites (tertiary alicyclic amines) is 1. The van der Waals surface area contributed by atoms with Crippen LogP contribution in [0.3, 0.4) is 0 Å². The minimum Gasteiger partial charge on any atom is -0.305 e. The van der Waals surface area contributed by atoms with E-state index >= 15 is 0 Å². The van der Waals surface area contributed by atoms with Gasteiger partial charge in [0.15, 0.2) is 0 Å². The van der Waals surface area contributed by atoms with Crippen molar-refractivity contribution in [3.05, 3.63) is 61.1 Å². The van der Waals surface area contributed by atoms with Gasteiger partial charge in [0, 0.05) is 25.4 Å². The summed E-state index contributed by atoms with van der Waals surface area (Å²) in [6, 6.07) is 2.78. The zero-order chi connectivity index (χ0) is 22.4. The molecule has 1 aromatic heterocycles. The first-order chi connectivity index (χ1) is 13.9. The summed E-state index contributed by atoms with van der Waals surface area (Å²) in [7, 11) is -0.834. The smallest absolute Gasteiger partial charge is 0.305 e. The Morgan fingerprint density at radius 3 is 2.45 bits per heavy atom. The number of hydrogen-bond donors (Lipinski definition) is 1. The molecule has 31 heavy (non-hydrogen) atoms. The maximum atomic E-state index is 14.6. The van der Waals surface area contributed by atoms with Gasteiger partial charge in [0.05, 0.1) is 21.5 Å². The molecule has 2 aromatic rings. The Labute approximate surface area is 188 Å². The van der Waals surface area contributed by atoms with Crippen LogP contribution in [0.15, 0.2) is 27.8 Å². The maximum Gasteiger partial charge on any atom is 0.335 e. The number of carbonyl (C=O) groups excluding carboxylic acids is 1. The topological polar surface area (TPSA) is 110 Å². The molecule has 3 rings (SSSR count). The molecule has 1 unspecified atom stereocenters. The summed E-state index contributed by atoms with van der Waals surface area (Å²) >= 11 is 5.96. The SMILES string of the molecule is Cc1cc(=O)n(-c2cc(C(=O)NS(=O)(=O)C3CCN(C)C3)c(Cl)cc2F)c(=O)n1C.Cl. The molecule has 1 amide bonds. The van der Waals surface area contributed by atoms with E-state index in [2.05, 4.69) is 0 Å². The van der Waals surface area contributed by atoms with Crippen LogP contribution >= 0.6 is 24.0 Å². The van der Waals surface area contributed by atoms with Crippen LogP contribution in [-0.4, -0.2) is 53.7 Å². The average Bonchev–Trinajstić information content (AvgIpc) is 3.08. The fraction of sp³-hybridized carbons (Fsp3) is 0.389. The summed E-state index contributed by atoms with van der Waals surface area (Å²) in [6.07, 6.45) is 0.357. The van der Waals surface area contributed by atoms with E-state index in [4.69, 9.17) is 11.6 Å². The number of aryl methyl sites for hydroxylation is 1. The third kappa shape index (κ3) is 4.84.